The first-order valence-corrected chi connectivity index (χ1v) is 10.7. The lowest BCUT2D eigenvalue weighted by atomic mass is 10.0. The Morgan fingerprint density at radius 1 is 0.625 bits per heavy atom. The predicted molar refractivity (Wildman–Crippen MR) is 112 cm³/mol. The lowest BCUT2D eigenvalue weighted by molar-refractivity contribution is 0.256. The highest BCUT2D eigenvalue weighted by Gasteiger charge is 2.08. The number of rotatable bonds is 17. The Kier molecular flexibility index (Phi) is 18.3. The molecule has 1 unspecified atom stereocenters. The summed E-state index contributed by atoms with van der Waals surface area (Å²) in [5.41, 5.74) is 0. The third-order valence-corrected chi connectivity index (χ3v) is 4.84. The Morgan fingerprint density at radius 2 is 1.21 bits per heavy atom. The molecule has 0 aliphatic heterocycles. The fraction of sp³-hybridized carbons (Fsp3) is 0.826. The van der Waals surface area contributed by atoms with E-state index in [9.17, 15) is 0 Å². The third-order valence-electron chi connectivity index (χ3n) is 4.84. The standard InChI is InChI=1S/C23H45N/c1-5-7-8-9-10-11-12-13-14-15-16-17-18-19-20-22-23(21-6-2)24(3)4/h10-11,13-14,23H,5-9,12,15-22H2,1-4H3. The van der Waals surface area contributed by atoms with E-state index in [2.05, 4.69) is 57.1 Å². The minimum Gasteiger partial charge on any atom is -0.306 e. The maximum Gasteiger partial charge on any atom is 0.00890 e. The molecule has 0 N–H and O–H groups in total. The van der Waals surface area contributed by atoms with E-state index in [1.54, 1.807) is 0 Å². The second-order valence-electron chi connectivity index (χ2n) is 7.43. The van der Waals surface area contributed by atoms with Crippen molar-refractivity contribution in [1.82, 2.24) is 4.90 Å². The molecule has 0 heterocycles. The van der Waals surface area contributed by atoms with Crippen LogP contribution in [0.4, 0.5) is 0 Å². The smallest absolute Gasteiger partial charge is 0.00890 e. The fourth-order valence-electron chi connectivity index (χ4n) is 3.19. The van der Waals surface area contributed by atoms with E-state index in [0.29, 0.717) is 0 Å². The van der Waals surface area contributed by atoms with Gasteiger partial charge in [-0.1, -0.05) is 83.1 Å². The highest BCUT2D eigenvalue weighted by molar-refractivity contribution is 4.92. The topological polar surface area (TPSA) is 3.24 Å². The van der Waals surface area contributed by atoms with Gasteiger partial charge >= 0.3 is 0 Å². The lowest BCUT2D eigenvalue weighted by Crippen LogP contribution is -2.27. The van der Waals surface area contributed by atoms with E-state index < -0.39 is 0 Å². The molecule has 0 bridgehead atoms. The predicted octanol–water partition coefficient (Wildman–Crippen LogP) is 7.53. The molecule has 1 nitrogen and oxygen atoms in total. The Morgan fingerprint density at radius 3 is 1.79 bits per heavy atom. The zero-order chi connectivity index (χ0) is 17.9. The highest BCUT2D eigenvalue weighted by atomic mass is 15.1. The van der Waals surface area contributed by atoms with Crippen LogP contribution in [-0.2, 0) is 0 Å². The van der Waals surface area contributed by atoms with Gasteiger partial charge in [0.25, 0.3) is 0 Å². The van der Waals surface area contributed by atoms with Crippen LogP contribution >= 0.6 is 0 Å². The Hall–Kier alpha value is -0.560. The molecule has 0 aromatic rings. The summed E-state index contributed by atoms with van der Waals surface area (Å²) < 4.78 is 0. The van der Waals surface area contributed by atoms with E-state index in [4.69, 9.17) is 0 Å². The molecule has 1 atom stereocenters. The zero-order valence-electron chi connectivity index (χ0n) is 17.2. The summed E-state index contributed by atoms with van der Waals surface area (Å²) in [6.45, 7) is 4.56. The van der Waals surface area contributed by atoms with Gasteiger partial charge in [0.1, 0.15) is 0 Å². The molecule has 0 saturated heterocycles. The summed E-state index contributed by atoms with van der Waals surface area (Å²) in [4.78, 5) is 2.41. The van der Waals surface area contributed by atoms with E-state index in [1.807, 2.05) is 0 Å². The molecule has 0 aromatic carbocycles. The average molecular weight is 336 g/mol. The first-order valence-electron chi connectivity index (χ1n) is 10.7. The van der Waals surface area contributed by atoms with Crippen molar-refractivity contribution in [2.75, 3.05) is 14.1 Å². The van der Waals surface area contributed by atoms with Gasteiger partial charge < -0.3 is 4.90 Å². The maximum absolute atomic E-state index is 2.41. The minimum absolute atomic E-state index is 0.799. The van der Waals surface area contributed by atoms with Crippen LogP contribution in [0.5, 0.6) is 0 Å². The number of hydrogen-bond donors (Lipinski definition) is 0. The van der Waals surface area contributed by atoms with Crippen LogP contribution in [0, 0.1) is 0 Å². The van der Waals surface area contributed by atoms with Crippen molar-refractivity contribution in [2.24, 2.45) is 0 Å². The van der Waals surface area contributed by atoms with Crippen molar-refractivity contribution in [1.29, 1.82) is 0 Å². The number of nitrogens with zero attached hydrogens (tertiary/aromatic N) is 1. The van der Waals surface area contributed by atoms with Crippen molar-refractivity contribution >= 4 is 0 Å². The van der Waals surface area contributed by atoms with Gasteiger partial charge in [-0.25, -0.2) is 0 Å². The first kappa shape index (κ1) is 23.4. The number of hydrogen-bond acceptors (Lipinski definition) is 1. The second-order valence-corrected chi connectivity index (χ2v) is 7.43. The molecule has 0 saturated carbocycles. The minimum atomic E-state index is 0.799. The van der Waals surface area contributed by atoms with Crippen LogP contribution in [0.25, 0.3) is 0 Å². The summed E-state index contributed by atoms with van der Waals surface area (Å²) in [5, 5.41) is 0. The van der Waals surface area contributed by atoms with Crippen molar-refractivity contribution in [3.05, 3.63) is 24.3 Å². The third kappa shape index (κ3) is 16.3. The number of unbranched alkanes of at least 4 members (excludes halogenated alkanes) is 8. The molecule has 0 aliphatic rings. The second kappa shape index (κ2) is 18.8. The van der Waals surface area contributed by atoms with Gasteiger partial charge in [-0.2, -0.15) is 0 Å². The zero-order valence-corrected chi connectivity index (χ0v) is 17.2. The SMILES string of the molecule is CCCCCC=CCC=CCCCCCCCC(CCC)N(C)C. The fourth-order valence-corrected chi connectivity index (χ4v) is 3.19. The van der Waals surface area contributed by atoms with Crippen molar-refractivity contribution in [2.45, 2.75) is 110 Å². The van der Waals surface area contributed by atoms with Gasteiger partial charge in [0.15, 0.2) is 0 Å². The largest absolute Gasteiger partial charge is 0.306 e. The van der Waals surface area contributed by atoms with Crippen molar-refractivity contribution < 1.29 is 0 Å². The summed E-state index contributed by atoms with van der Waals surface area (Å²) >= 11 is 0. The monoisotopic (exact) mass is 335 g/mol. The molecular formula is C23H45N. The molecular weight excluding hydrogens is 290 g/mol. The molecule has 0 spiro atoms. The van der Waals surface area contributed by atoms with Gasteiger partial charge in [-0.05, 0) is 59.0 Å². The van der Waals surface area contributed by atoms with Gasteiger partial charge in [-0.15, -0.1) is 0 Å². The van der Waals surface area contributed by atoms with E-state index in [1.165, 1.54) is 83.5 Å². The van der Waals surface area contributed by atoms with E-state index in [-0.39, 0.29) is 0 Å². The van der Waals surface area contributed by atoms with Gasteiger partial charge in [0, 0.05) is 6.04 Å². The molecule has 0 radical (unpaired) electrons. The Labute approximate surface area is 153 Å². The summed E-state index contributed by atoms with van der Waals surface area (Å²) in [6, 6.07) is 0.799. The van der Waals surface area contributed by atoms with Crippen LogP contribution in [-0.4, -0.2) is 25.0 Å². The maximum atomic E-state index is 2.41. The average Bonchev–Trinajstić information content (AvgIpc) is 2.57. The van der Waals surface area contributed by atoms with Gasteiger partial charge in [-0.3, -0.25) is 0 Å². The molecule has 0 fully saturated rings. The molecule has 0 aromatic heterocycles. The Bertz CT molecular complexity index is 290. The van der Waals surface area contributed by atoms with Gasteiger partial charge in [0.2, 0.25) is 0 Å². The van der Waals surface area contributed by atoms with Crippen molar-refractivity contribution in [3.63, 3.8) is 0 Å². The molecule has 0 aliphatic carbocycles. The molecule has 1 heteroatoms. The van der Waals surface area contributed by atoms with Crippen LogP contribution < -0.4 is 0 Å². The summed E-state index contributed by atoms with van der Waals surface area (Å²) in [7, 11) is 4.46. The quantitative estimate of drug-likeness (QED) is 0.196. The van der Waals surface area contributed by atoms with E-state index >= 15 is 0 Å². The van der Waals surface area contributed by atoms with E-state index in [0.717, 1.165) is 12.5 Å². The Balaban J connectivity index is 3.36. The highest BCUT2D eigenvalue weighted by Crippen LogP contribution is 2.14. The van der Waals surface area contributed by atoms with Crippen LogP contribution in [0.1, 0.15) is 104 Å². The molecule has 0 amide bonds. The van der Waals surface area contributed by atoms with Crippen molar-refractivity contribution in [3.8, 4) is 0 Å². The first-order chi connectivity index (χ1) is 11.7. The molecule has 24 heavy (non-hydrogen) atoms. The van der Waals surface area contributed by atoms with Crippen LogP contribution in [0.15, 0.2) is 24.3 Å². The lowest BCUT2D eigenvalue weighted by Gasteiger charge is -2.23. The summed E-state index contributed by atoms with van der Waals surface area (Å²) in [6.07, 6.45) is 28.1. The van der Waals surface area contributed by atoms with Gasteiger partial charge in [0.05, 0.1) is 0 Å². The number of allylic oxidation sites excluding steroid dienone is 4. The van der Waals surface area contributed by atoms with Crippen LogP contribution in [0.3, 0.4) is 0 Å². The van der Waals surface area contributed by atoms with Crippen LogP contribution in [0.2, 0.25) is 0 Å². The summed E-state index contributed by atoms with van der Waals surface area (Å²) in [5.74, 6) is 0. The molecule has 142 valence electrons. The molecule has 0 rings (SSSR count). The normalized spacial score (nSPS) is 13.5.